The Bertz CT molecular complexity index is 334. The van der Waals surface area contributed by atoms with E-state index in [4.69, 9.17) is 4.74 Å². The predicted molar refractivity (Wildman–Crippen MR) is 69.1 cm³/mol. The topological polar surface area (TPSA) is 21.3 Å². The molecule has 0 aliphatic rings. The van der Waals surface area contributed by atoms with Crippen LogP contribution < -0.4 is 10.1 Å². The van der Waals surface area contributed by atoms with Crippen LogP contribution in [0.15, 0.2) is 18.2 Å². The number of rotatable bonds is 5. The van der Waals surface area contributed by atoms with Crippen LogP contribution in [-0.2, 0) is 0 Å². The van der Waals surface area contributed by atoms with Crippen molar-refractivity contribution in [2.24, 2.45) is 5.92 Å². The van der Waals surface area contributed by atoms with E-state index in [0.717, 1.165) is 12.3 Å². The lowest BCUT2D eigenvalue weighted by Gasteiger charge is -2.22. The van der Waals surface area contributed by atoms with Gasteiger partial charge in [-0.25, -0.2) is 0 Å². The normalized spacial score (nSPS) is 12.9. The molecule has 1 rings (SSSR count). The maximum Gasteiger partial charge on any atom is 0.120 e. The summed E-state index contributed by atoms with van der Waals surface area (Å²) in [4.78, 5) is 0. The molecule has 90 valence electrons. The standard InChI is InChI=1S/C14H23NO/c1-10(2)14(9-15-5)16-13-7-6-11(3)12(4)8-13/h6-8,10,14-15H,9H2,1-5H3. The summed E-state index contributed by atoms with van der Waals surface area (Å²) in [6, 6.07) is 6.27. The molecule has 16 heavy (non-hydrogen) atoms. The molecule has 2 heteroatoms. The van der Waals surface area contributed by atoms with Gasteiger partial charge in [-0.05, 0) is 50.1 Å². The SMILES string of the molecule is CNCC(Oc1ccc(C)c(C)c1)C(C)C. The third kappa shape index (κ3) is 3.53. The Labute approximate surface area is 99.0 Å². The molecule has 0 spiro atoms. The molecule has 0 saturated heterocycles. The minimum Gasteiger partial charge on any atom is -0.489 e. The third-order valence-corrected chi connectivity index (χ3v) is 2.91. The summed E-state index contributed by atoms with van der Waals surface area (Å²) in [6.45, 7) is 9.48. The van der Waals surface area contributed by atoms with Gasteiger partial charge in [0.15, 0.2) is 0 Å². The van der Waals surface area contributed by atoms with E-state index in [1.165, 1.54) is 11.1 Å². The van der Waals surface area contributed by atoms with Crippen molar-refractivity contribution >= 4 is 0 Å². The number of aryl methyl sites for hydroxylation is 2. The highest BCUT2D eigenvalue weighted by Crippen LogP contribution is 2.19. The molecule has 0 aliphatic carbocycles. The molecule has 1 atom stereocenters. The lowest BCUT2D eigenvalue weighted by molar-refractivity contribution is 0.151. The number of hydrogen-bond donors (Lipinski definition) is 1. The van der Waals surface area contributed by atoms with Crippen molar-refractivity contribution in [3.8, 4) is 5.75 Å². The van der Waals surface area contributed by atoms with Crippen molar-refractivity contribution in [2.75, 3.05) is 13.6 Å². The van der Waals surface area contributed by atoms with E-state index in [0.29, 0.717) is 5.92 Å². The van der Waals surface area contributed by atoms with E-state index >= 15 is 0 Å². The van der Waals surface area contributed by atoms with Crippen molar-refractivity contribution in [3.63, 3.8) is 0 Å². The maximum absolute atomic E-state index is 5.99. The second-order valence-corrected chi connectivity index (χ2v) is 4.70. The molecule has 1 aromatic carbocycles. The second-order valence-electron chi connectivity index (χ2n) is 4.70. The summed E-state index contributed by atoms with van der Waals surface area (Å²) in [5.74, 6) is 1.48. The van der Waals surface area contributed by atoms with Crippen molar-refractivity contribution in [1.82, 2.24) is 5.32 Å². The smallest absolute Gasteiger partial charge is 0.120 e. The summed E-state index contributed by atoms with van der Waals surface area (Å²) in [5.41, 5.74) is 2.59. The molecular formula is C14H23NO. The van der Waals surface area contributed by atoms with Crippen LogP contribution in [0.25, 0.3) is 0 Å². The molecule has 0 bridgehead atoms. The quantitative estimate of drug-likeness (QED) is 0.825. The molecule has 0 fully saturated rings. The first-order valence-electron chi connectivity index (χ1n) is 5.93. The maximum atomic E-state index is 5.99. The fourth-order valence-electron chi connectivity index (χ4n) is 1.58. The van der Waals surface area contributed by atoms with Gasteiger partial charge in [0, 0.05) is 6.54 Å². The third-order valence-electron chi connectivity index (χ3n) is 2.91. The largest absolute Gasteiger partial charge is 0.489 e. The molecule has 0 aliphatic heterocycles. The number of likely N-dealkylation sites (N-methyl/N-ethyl adjacent to an activating group) is 1. The Kier molecular flexibility index (Phi) is 4.81. The molecule has 2 nitrogen and oxygen atoms in total. The van der Waals surface area contributed by atoms with E-state index in [2.05, 4.69) is 45.1 Å². The lowest BCUT2D eigenvalue weighted by Crippen LogP contribution is -2.33. The van der Waals surface area contributed by atoms with Crippen molar-refractivity contribution < 1.29 is 4.74 Å². The molecule has 0 radical (unpaired) electrons. The Morgan fingerprint density at radius 3 is 2.38 bits per heavy atom. The van der Waals surface area contributed by atoms with E-state index in [-0.39, 0.29) is 6.10 Å². The van der Waals surface area contributed by atoms with Gasteiger partial charge in [-0.1, -0.05) is 19.9 Å². The van der Waals surface area contributed by atoms with Crippen LogP contribution in [0.1, 0.15) is 25.0 Å². The number of nitrogens with one attached hydrogen (secondary N) is 1. The van der Waals surface area contributed by atoms with Gasteiger partial charge in [0.1, 0.15) is 11.9 Å². The van der Waals surface area contributed by atoms with Crippen LogP contribution >= 0.6 is 0 Å². The first kappa shape index (κ1) is 13.0. The van der Waals surface area contributed by atoms with Crippen molar-refractivity contribution in [3.05, 3.63) is 29.3 Å². The Morgan fingerprint density at radius 2 is 1.88 bits per heavy atom. The van der Waals surface area contributed by atoms with Crippen molar-refractivity contribution in [1.29, 1.82) is 0 Å². The van der Waals surface area contributed by atoms with Crippen LogP contribution in [0.2, 0.25) is 0 Å². The van der Waals surface area contributed by atoms with Gasteiger partial charge in [-0.2, -0.15) is 0 Å². The fourth-order valence-corrected chi connectivity index (χ4v) is 1.58. The van der Waals surface area contributed by atoms with Crippen LogP contribution in [0.3, 0.4) is 0 Å². The highest BCUT2D eigenvalue weighted by molar-refractivity contribution is 5.33. The van der Waals surface area contributed by atoms with Crippen molar-refractivity contribution in [2.45, 2.75) is 33.8 Å². The van der Waals surface area contributed by atoms with E-state index in [1.54, 1.807) is 0 Å². The minimum atomic E-state index is 0.229. The lowest BCUT2D eigenvalue weighted by atomic mass is 10.1. The molecule has 0 amide bonds. The fraction of sp³-hybridized carbons (Fsp3) is 0.571. The Hall–Kier alpha value is -1.02. The first-order chi connectivity index (χ1) is 7.54. The van der Waals surface area contributed by atoms with E-state index in [9.17, 15) is 0 Å². The molecule has 0 saturated carbocycles. The van der Waals surface area contributed by atoms with Gasteiger partial charge in [0.2, 0.25) is 0 Å². The summed E-state index contributed by atoms with van der Waals surface area (Å²) < 4.78 is 5.99. The summed E-state index contributed by atoms with van der Waals surface area (Å²) >= 11 is 0. The zero-order valence-electron chi connectivity index (χ0n) is 11.0. The van der Waals surface area contributed by atoms with Crippen LogP contribution in [-0.4, -0.2) is 19.7 Å². The van der Waals surface area contributed by atoms with Crippen LogP contribution in [0.4, 0.5) is 0 Å². The minimum absolute atomic E-state index is 0.229. The monoisotopic (exact) mass is 221 g/mol. The number of hydrogen-bond acceptors (Lipinski definition) is 2. The average Bonchev–Trinajstić information content (AvgIpc) is 2.22. The van der Waals surface area contributed by atoms with Crippen LogP contribution in [0, 0.1) is 19.8 Å². The Morgan fingerprint density at radius 1 is 1.19 bits per heavy atom. The van der Waals surface area contributed by atoms with E-state index in [1.807, 2.05) is 13.1 Å². The highest BCUT2D eigenvalue weighted by atomic mass is 16.5. The molecule has 1 N–H and O–H groups in total. The predicted octanol–water partition coefficient (Wildman–Crippen LogP) is 2.93. The zero-order valence-corrected chi connectivity index (χ0v) is 11.0. The van der Waals surface area contributed by atoms with Gasteiger partial charge in [0.05, 0.1) is 0 Å². The van der Waals surface area contributed by atoms with Gasteiger partial charge < -0.3 is 10.1 Å². The second kappa shape index (κ2) is 5.90. The first-order valence-corrected chi connectivity index (χ1v) is 5.93. The summed E-state index contributed by atoms with van der Waals surface area (Å²) in [6.07, 6.45) is 0.229. The molecule has 0 aromatic heterocycles. The number of ether oxygens (including phenoxy) is 1. The average molecular weight is 221 g/mol. The molecule has 1 aromatic rings. The molecule has 0 heterocycles. The van der Waals surface area contributed by atoms with Gasteiger partial charge in [0.25, 0.3) is 0 Å². The van der Waals surface area contributed by atoms with Gasteiger partial charge >= 0.3 is 0 Å². The van der Waals surface area contributed by atoms with E-state index < -0.39 is 0 Å². The van der Waals surface area contributed by atoms with Gasteiger partial charge in [-0.3, -0.25) is 0 Å². The summed E-state index contributed by atoms with van der Waals surface area (Å²) in [5, 5.41) is 3.17. The molecular weight excluding hydrogens is 198 g/mol. The zero-order chi connectivity index (χ0) is 12.1. The highest BCUT2D eigenvalue weighted by Gasteiger charge is 2.14. The van der Waals surface area contributed by atoms with Crippen LogP contribution in [0.5, 0.6) is 5.75 Å². The number of benzene rings is 1. The Balaban J connectivity index is 2.73. The summed E-state index contributed by atoms with van der Waals surface area (Å²) in [7, 11) is 1.96. The molecule has 1 unspecified atom stereocenters. The van der Waals surface area contributed by atoms with Gasteiger partial charge in [-0.15, -0.1) is 0 Å².